The van der Waals surface area contributed by atoms with E-state index in [-0.39, 0.29) is 18.9 Å². The molecule has 0 saturated heterocycles. The third-order valence-electron chi connectivity index (χ3n) is 2.46. The van der Waals surface area contributed by atoms with Gasteiger partial charge in [0, 0.05) is 12.1 Å². The van der Waals surface area contributed by atoms with Crippen LogP contribution in [0.25, 0.3) is 0 Å². The Morgan fingerprint density at radius 2 is 2.00 bits per heavy atom. The van der Waals surface area contributed by atoms with Crippen LogP contribution in [0.15, 0.2) is 24.3 Å². The molecule has 0 spiro atoms. The summed E-state index contributed by atoms with van der Waals surface area (Å²) >= 11 is 0. The van der Waals surface area contributed by atoms with Crippen molar-refractivity contribution in [3.8, 4) is 0 Å². The van der Waals surface area contributed by atoms with E-state index in [1.54, 1.807) is 38.1 Å². The van der Waals surface area contributed by atoms with Gasteiger partial charge in [0.15, 0.2) is 0 Å². The summed E-state index contributed by atoms with van der Waals surface area (Å²) in [4.78, 5) is 22.0. The summed E-state index contributed by atoms with van der Waals surface area (Å²) in [5.74, 6) is -1.30. The van der Waals surface area contributed by atoms with Crippen LogP contribution in [0.2, 0.25) is 0 Å². The highest BCUT2D eigenvalue weighted by molar-refractivity contribution is 5.94. The molecule has 0 fully saturated rings. The van der Waals surface area contributed by atoms with Gasteiger partial charge in [-0.05, 0) is 31.5 Å². The van der Waals surface area contributed by atoms with Crippen LogP contribution in [0.3, 0.4) is 0 Å². The quantitative estimate of drug-likeness (QED) is 0.732. The van der Waals surface area contributed by atoms with Gasteiger partial charge in [-0.25, -0.2) is 0 Å². The number of amides is 1. The Morgan fingerprint density at radius 3 is 2.56 bits per heavy atom. The van der Waals surface area contributed by atoms with Crippen LogP contribution in [-0.4, -0.2) is 28.6 Å². The zero-order valence-electron chi connectivity index (χ0n) is 10.4. The summed E-state index contributed by atoms with van der Waals surface area (Å²) in [6.45, 7) is 3.35. The fourth-order valence-corrected chi connectivity index (χ4v) is 1.43. The van der Waals surface area contributed by atoms with Gasteiger partial charge < -0.3 is 15.5 Å². The number of carbonyl (C=O) groups excluding carboxylic acids is 1. The van der Waals surface area contributed by atoms with Gasteiger partial charge >= 0.3 is 5.97 Å². The largest absolute Gasteiger partial charge is 0.481 e. The zero-order chi connectivity index (χ0) is 13.8. The van der Waals surface area contributed by atoms with Crippen LogP contribution >= 0.6 is 0 Å². The summed E-state index contributed by atoms with van der Waals surface area (Å²) in [5, 5.41) is 20.8. The van der Waals surface area contributed by atoms with Gasteiger partial charge in [-0.2, -0.15) is 0 Å². The second kappa shape index (κ2) is 5.64. The molecule has 0 unspecified atom stereocenters. The third-order valence-corrected chi connectivity index (χ3v) is 2.46. The topological polar surface area (TPSA) is 86.6 Å². The van der Waals surface area contributed by atoms with Gasteiger partial charge in [-0.15, -0.1) is 0 Å². The highest BCUT2D eigenvalue weighted by Crippen LogP contribution is 2.20. The average molecular weight is 251 g/mol. The lowest BCUT2D eigenvalue weighted by Crippen LogP contribution is -2.26. The molecule has 0 aliphatic heterocycles. The first-order valence-electron chi connectivity index (χ1n) is 5.63. The molecule has 0 aliphatic rings. The van der Waals surface area contributed by atoms with Crippen LogP contribution in [0.1, 0.15) is 36.2 Å². The van der Waals surface area contributed by atoms with Crippen molar-refractivity contribution in [1.29, 1.82) is 0 Å². The van der Waals surface area contributed by atoms with Crippen molar-refractivity contribution in [2.45, 2.75) is 25.9 Å². The number of carboxylic acids is 1. The number of benzene rings is 1. The zero-order valence-corrected chi connectivity index (χ0v) is 10.4. The van der Waals surface area contributed by atoms with Crippen LogP contribution in [0, 0.1) is 0 Å². The lowest BCUT2D eigenvalue weighted by atomic mass is 9.96. The molecular formula is C13H17NO4. The monoisotopic (exact) mass is 251 g/mol. The summed E-state index contributed by atoms with van der Waals surface area (Å²) in [6, 6.07) is 6.62. The van der Waals surface area contributed by atoms with Crippen LogP contribution < -0.4 is 5.32 Å². The van der Waals surface area contributed by atoms with E-state index < -0.39 is 11.6 Å². The second-order valence-electron chi connectivity index (χ2n) is 4.54. The minimum atomic E-state index is -1.02. The number of hydrogen-bond acceptors (Lipinski definition) is 3. The summed E-state index contributed by atoms with van der Waals surface area (Å²) < 4.78 is 0. The van der Waals surface area contributed by atoms with E-state index in [0.29, 0.717) is 11.1 Å². The first-order valence-corrected chi connectivity index (χ1v) is 5.63. The number of rotatable bonds is 5. The van der Waals surface area contributed by atoms with E-state index in [4.69, 9.17) is 5.11 Å². The highest BCUT2D eigenvalue weighted by Gasteiger charge is 2.17. The Morgan fingerprint density at radius 1 is 1.33 bits per heavy atom. The molecule has 0 heterocycles. The molecule has 0 atom stereocenters. The van der Waals surface area contributed by atoms with Gasteiger partial charge in [0.2, 0.25) is 0 Å². The Balaban J connectivity index is 2.72. The maximum absolute atomic E-state index is 11.7. The predicted molar refractivity (Wildman–Crippen MR) is 66.3 cm³/mol. The van der Waals surface area contributed by atoms with E-state index in [2.05, 4.69) is 5.32 Å². The number of nitrogens with one attached hydrogen (secondary N) is 1. The molecule has 18 heavy (non-hydrogen) atoms. The van der Waals surface area contributed by atoms with E-state index in [9.17, 15) is 14.7 Å². The molecule has 1 aromatic carbocycles. The second-order valence-corrected chi connectivity index (χ2v) is 4.54. The standard InChI is InChI=1S/C13H17NO4/c1-13(2,18)10-5-3-4-9(8-10)12(17)14-7-6-11(15)16/h3-5,8,18H,6-7H2,1-2H3,(H,14,17)(H,15,16). The van der Waals surface area contributed by atoms with Crippen LogP contribution in [0.4, 0.5) is 0 Å². The van der Waals surface area contributed by atoms with E-state index in [1.807, 2.05) is 0 Å². The lowest BCUT2D eigenvalue weighted by Gasteiger charge is -2.18. The fourth-order valence-electron chi connectivity index (χ4n) is 1.43. The van der Waals surface area contributed by atoms with Gasteiger partial charge in [0.1, 0.15) is 0 Å². The molecule has 5 nitrogen and oxygen atoms in total. The maximum Gasteiger partial charge on any atom is 0.305 e. The summed E-state index contributed by atoms with van der Waals surface area (Å²) in [5.41, 5.74) is 0.0190. The molecule has 3 N–H and O–H groups in total. The van der Waals surface area contributed by atoms with Crippen molar-refractivity contribution in [2.75, 3.05) is 6.54 Å². The number of aliphatic hydroxyl groups is 1. The SMILES string of the molecule is CC(C)(O)c1cccc(C(=O)NCCC(=O)O)c1. The molecule has 1 aromatic rings. The normalized spacial score (nSPS) is 11.1. The third kappa shape index (κ3) is 4.18. The summed E-state index contributed by atoms with van der Waals surface area (Å²) in [6.07, 6.45) is -0.114. The van der Waals surface area contributed by atoms with Gasteiger partial charge in [-0.3, -0.25) is 9.59 Å². The van der Waals surface area contributed by atoms with Crippen molar-refractivity contribution in [3.05, 3.63) is 35.4 Å². The first kappa shape index (κ1) is 14.2. The number of carboxylic acid groups (broad SMARTS) is 1. The molecule has 98 valence electrons. The molecule has 1 amide bonds. The average Bonchev–Trinajstić information content (AvgIpc) is 2.27. The first-order chi connectivity index (χ1) is 8.30. The Kier molecular flexibility index (Phi) is 4.44. The van der Waals surface area contributed by atoms with Gasteiger partial charge in [0.25, 0.3) is 5.91 Å². The minimum Gasteiger partial charge on any atom is -0.481 e. The number of hydrogen-bond donors (Lipinski definition) is 3. The van der Waals surface area contributed by atoms with Crippen molar-refractivity contribution in [1.82, 2.24) is 5.32 Å². The number of carbonyl (C=O) groups is 2. The van der Waals surface area contributed by atoms with Crippen molar-refractivity contribution < 1.29 is 19.8 Å². The van der Waals surface area contributed by atoms with Crippen molar-refractivity contribution in [3.63, 3.8) is 0 Å². The molecule has 0 saturated carbocycles. The molecule has 1 rings (SSSR count). The minimum absolute atomic E-state index is 0.0842. The molecule has 0 bridgehead atoms. The summed E-state index contributed by atoms with van der Waals surface area (Å²) in [7, 11) is 0. The number of aliphatic carboxylic acids is 1. The molecule has 5 heteroatoms. The van der Waals surface area contributed by atoms with E-state index in [0.717, 1.165) is 0 Å². The predicted octanol–water partition coefficient (Wildman–Crippen LogP) is 1.12. The molecular weight excluding hydrogens is 234 g/mol. The van der Waals surface area contributed by atoms with Crippen molar-refractivity contribution in [2.24, 2.45) is 0 Å². The van der Waals surface area contributed by atoms with E-state index in [1.165, 1.54) is 0 Å². The lowest BCUT2D eigenvalue weighted by molar-refractivity contribution is -0.136. The Labute approximate surface area is 105 Å². The van der Waals surface area contributed by atoms with Crippen molar-refractivity contribution >= 4 is 11.9 Å². The van der Waals surface area contributed by atoms with Crippen LogP contribution in [-0.2, 0) is 10.4 Å². The molecule has 0 aromatic heterocycles. The molecule has 0 aliphatic carbocycles. The van der Waals surface area contributed by atoms with E-state index >= 15 is 0 Å². The smallest absolute Gasteiger partial charge is 0.305 e. The Bertz CT molecular complexity index is 449. The fraction of sp³-hybridized carbons (Fsp3) is 0.385. The Hall–Kier alpha value is -1.88. The van der Waals surface area contributed by atoms with Gasteiger partial charge in [0.05, 0.1) is 12.0 Å². The maximum atomic E-state index is 11.7. The van der Waals surface area contributed by atoms with Gasteiger partial charge in [-0.1, -0.05) is 12.1 Å². The van der Waals surface area contributed by atoms with Crippen LogP contribution in [0.5, 0.6) is 0 Å². The molecule has 0 radical (unpaired) electrons. The highest BCUT2D eigenvalue weighted by atomic mass is 16.4.